The lowest BCUT2D eigenvalue weighted by atomic mass is 10.0. The summed E-state index contributed by atoms with van der Waals surface area (Å²) in [4.78, 5) is 38.0. The summed E-state index contributed by atoms with van der Waals surface area (Å²) in [6.45, 7) is 4.14. The van der Waals surface area contributed by atoms with Crippen molar-refractivity contribution in [2.24, 2.45) is 0 Å². The molecule has 0 N–H and O–H groups in total. The number of quaternary nitrogens is 1. The largest absolute Gasteiger partial charge is 0.756 e. The Morgan fingerprint density at radius 1 is 0.381 bits per heavy atom. The van der Waals surface area contributed by atoms with E-state index in [2.05, 4.69) is 123 Å². The summed E-state index contributed by atoms with van der Waals surface area (Å²) in [5, 5.41) is 0. The van der Waals surface area contributed by atoms with Gasteiger partial charge in [-0.2, -0.15) is 0 Å². The van der Waals surface area contributed by atoms with Gasteiger partial charge >= 0.3 is 11.9 Å². The first-order chi connectivity index (χ1) is 41.0. The van der Waals surface area contributed by atoms with Gasteiger partial charge in [-0.05, 0) is 83.5 Å². The Kier molecular flexibility index (Phi) is 61.6. The van der Waals surface area contributed by atoms with Crippen molar-refractivity contribution in [1.82, 2.24) is 0 Å². The topological polar surface area (TPSA) is 111 Å². The number of carbonyl (C=O) groups is 2. The first kappa shape index (κ1) is 80.7. The van der Waals surface area contributed by atoms with E-state index < -0.39 is 26.5 Å². The van der Waals surface area contributed by atoms with Crippen LogP contribution in [-0.4, -0.2) is 70.0 Å². The SMILES string of the molecule is CC/C=C\C/C=C\C/C=C\C/C=C\C/C=C\C/C=C\C/C=C\C/C=C\C/C=C\CCCCCCCCCC(=O)OC(COC(=O)CCCCCCCCCCCCCCCCCCCCCCCCCCC)COP(=O)([O-])OCC[N+](C)(C)C. The molecule has 0 amide bonds. The third-order valence-electron chi connectivity index (χ3n) is 14.8. The van der Waals surface area contributed by atoms with Crippen LogP contribution < -0.4 is 4.89 Å². The molecule has 0 saturated heterocycles. The monoisotopic (exact) mass is 1190 g/mol. The molecule has 0 radical (unpaired) electrons. The standard InChI is InChI=1S/C74H130NO8P/c1-6-8-10-12-14-16-18-20-22-24-26-28-30-32-33-34-35-36-37-38-39-40-41-43-45-47-49-51-53-55-57-59-61-63-65-67-74(77)83-72(71-82-84(78,79)81-69-68-75(3,4)5)70-80-73(76)66-64-62-60-58-56-54-52-50-48-46-44-42-31-29-27-25-23-21-19-17-15-13-11-9-7-2/h8,10,14,16,20,22,26,28,32-33,35-36,38-39,41,43,47,49,72H,6-7,9,11-13,15,17-19,21,23-25,27,29-31,34,37,40,42,44-46,48,50-71H2,1-5H3/b10-8-,16-14-,22-20-,28-26-,33-32-,36-35-,39-38-,43-41-,49-47-. The second kappa shape index (κ2) is 64.2. The number of carbonyl (C=O) groups excluding carboxylic acids is 2. The molecule has 0 aromatic rings. The molecule has 10 heteroatoms. The molecule has 484 valence electrons. The second-order valence-electron chi connectivity index (χ2n) is 24.2. The fraction of sp³-hybridized carbons (Fsp3) is 0.730. The van der Waals surface area contributed by atoms with Crippen LogP contribution in [0.25, 0.3) is 0 Å². The summed E-state index contributed by atoms with van der Waals surface area (Å²) < 4.78 is 34.3. The molecule has 2 unspecified atom stereocenters. The summed E-state index contributed by atoms with van der Waals surface area (Å²) in [6, 6.07) is 0. The van der Waals surface area contributed by atoms with E-state index in [1.54, 1.807) is 0 Å². The Morgan fingerprint density at radius 2 is 0.679 bits per heavy atom. The highest BCUT2D eigenvalue weighted by Crippen LogP contribution is 2.38. The number of hydrogen-bond acceptors (Lipinski definition) is 8. The number of allylic oxidation sites excluding steroid dienone is 18. The molecule has 0 aliphatic heterocycles. The Hall–Kier alpha value is -3.33. The zero-order valence-electron chi connectivity index (χ0n) is 55.1. The van der Waals surface area contributed by atoms with Crippen molar-refractivity contribution in [1.29, 1.82) is 0 Å². The van der Waals surface area contributed by atoms with Crippen LogP contribution in [0.15, 0.2) is 109 Å². The van der Waals surface area contributed by atoms with Gasteiger partial charge in [-0.15, -0.1) is 0 Å². The van der Waals surface area contributed by atoms with Crippen LogP contribution in [0, 0.1) is 0 Å². The molecule has 84 heavy (non-hydrogen) atoms. The van der Waals surface area contributed by atoms with Crippen LogP contribution >= 0.6 is 7.82 Å². The van der Waals surface area contributed by atoms with E-state index in [0.29, 0.717) is 17.4 Å². The van der Waals surface area contributed by atoms with Gasteiger partial charge < -0.3 is 27.9 Å². The lowest BCUT2D eigenvalue weighted by molar-refractivity contribution is -0.870. The van der Waals surface area contributed by atoms with Gasteiger partial charge in [-0.25, -0.2) is 0 Å². The Labute approximate surface area is 518 Å². The zero-order chi connectivity index (χ0) is 61.2. The van der Waals surface area contributed by atoms with Crippen LogP contribution in [0.3, 0.4) is 0 Å². The fourth-order valence-electron chi connectivity index (χ4n) is 9.53. The molecule has 0 saturated carbocycles. The minimum Gasteiger partial charge on any atom is -0.756 e. The summed E-state index contributed by atoms with van der Waals surface area (Å²) in [6.07, 6.45) is 90.2. The normalized spacial score (nSPS) is 13.8. The summed E-state index contributed by atoms with van der Waals surface area (Å²) in [5.41, 5.74) is 0. The first-order valence-electron chi connectivity index (χ1n) is 34.6. The highest BCUT2D eigenvalue weighted by atomic mass is 31.2. The predicted molar refractivity (Wildman–Crippen MR) is 360 cm³/mol. The molecule has 0 rings (SSSR count). The predicted octanol–water partition coefficient (Wildman–Crippen LogP) is 21.9. The van der Waals surface area contributed by atoms with E-state index in [4.69, 9.17) is 18.5 Å². The van der Waals surface area contributed by atoms with E-state index >= 15 is 0 Å². The number of likely N-dealkylation sites (N-methyl/N-ethyl adjacent to an activating group) is 1. The van der Waals surface area contributed by atoms with Crippen molar-refractivity contribution in [2.45, 2.75) is 302 Å². The summed E-state index contributed by atoms with van der Waals surface area (Å²) >= 11 is 0. The van der Waals surface area contributed by atoms with E-state index in [0.717, 1.165) is 103 Å². The number of nitrogens with zero attached hydrogens (tertiary/aromatic N) is 1. The molecule has 0 aliphatic rings. The average molecular weight is 1190 g/mol. The van der Waals surface area contributed by atoms with Crippen LogP contribution in [0.1, 0.15) is 296 Å². The van der Waals surface area contributed by atoms with Gasteiger partial charge in [-0.1, -0.05) is 309 Å². The van der Waals surface area contributed by atoms with Gasteiger partial charge in [0.1, 0.15) is 19.8 Å². The number of phosphoric ester groups is 1. The number of esters is 2. The minimum atomic E-state index is -4.65. The molecule has 0 spiro atoms. The summed E-state index contributed by atoms with van der Waals surface area (Å²) in [5.74, 6) is -0.840. The van der Waals surface area contributed by atoms with Crippen molar-refractivity contribution in [2.75, 3.05) is 47.5 Å². The number of phosphoric acid groups is 1. The maximum Gasteiger partial charge on any atom is 0.306 e. The van der Waals surface area contributed by atoms with E-state index in [1.807, 2.05) is 21.1 Å². The second-order valence-corrected chi connectivity index (χ2v) is 25.6. The third-order valence-corrected chi connectivity index (χ3v) is 15.8. The molecule has 0 bridgehead atoms. The molecular formula is C74H130NO8P. The fourth-order valence-corrected chi connectivity index (χ4v) is 10.3. The van der Waals surface area contributed by atoms with Gasteiger partial charge in [0.15, 0.2) is 6.10 Å². The van der Waals surface area contributed by atoms with Crippen molar-refractivity contribution in [3.63, 3.8) is 0 Å². The molecular weight excluding hydrogens is 1060 g/mol. The Balaban J connectivity index is 4.12. The zero-order valence-corrected chi connectivity index (χ0v) is 56.0. The van der Waals surface area contributed by atoms with Gasteiger partial charge in [-0.3, -0.25) is 14.2 Å². The lowest BCUT2D eigenvalue weighted by Gasteiger charge is -2.28. The maximum atomic E-state index is 12.9. The number of rotatable bonds is 63. The van der Waals surface area contributed by atoms with Crippen molar-refractivity contribution < 1.29 is 42.1 Å². The molecule has 2 atom stereocenters. The number of hydrogen-bond donors (Lipinski definition) is 0. The Bertz CT molecular complexity index is 1790. The van der Waals surface area contributed by atoms with Crippen LogP contribution in [0.4, 0.5) is 0 Å². The van der Waals surface area contributed by atoms with Gasteiger partial charge in [0.25, 0.3) is 7.82 Å². The first-order valence-corrected chi connectivity index (χ1v) is 36.1. The summed E-state index contributed by atoms with van der Waals surface area (Å²) in [7, 11) is 1.16. The number of ether oxygens (including phenoxy) is 2. The van der Waals surface area contributed by atoms with Gasteiger partial charge in [0.2, 0.25) is 0 Å². The molecule has 0 heterocycles. The van der Waals surface area contributed by atoms with E-state index in [-0.39, 0.29) is 32.0 Å². The molecule has 0 fully saturated rings. The van der Waals surface area contributed by atoms with E-state index in [1.165, 1.54) is 161 Å². The molecule has 0 aromatic heterocycles. The van der Waals surface area contributed by atoms with Gasteiger partial charge in [0.05, 0.1) is 27.7 Å². The van der Waals surface area contributed by atoms with Crippen molar-refractivity contribution in [3.8, 4) is 0 Å². The van der Waals surface area contributed by atoms with E-state index in [9.17, 15) is 19.0 Å². The van der Waals surface area contributed by atoms with Crippen molar-refractivity contribution >= 4 is 19.8 Å². The highest BCUT2D eigenvalue weighted by molar-refractivity contribution is 7.45. The molecule has 9 nitrogen and oxygen atoms in total. The van der Waals surface area contributed by atoms with Gasteiger partial charge in [0, 0.05) is 12.8 Å². The maximum absolute atomic E-state index is 12.9. The van der Waals surface area contributed by atoms with Crippen LogP contribution in [-0.2, 0) is 32.7 Å². The van der Waals surface area contributed by atoms with Crippen LogP contribution in [0.2, 0.25) is 0 Å². The Morgan fingerprint density at radius 3 is 1.01 bits per heavy atom. The van der Waals surface area contributed by atoms with Crippen molar-refractivity contribution in [3.05, 3.63) is 109 Å². The third kappa shape index (κ3) is 67.8. The average Bonchev–Trinajstić information content (AvgIpc) is 3.61. The molecule has 0 aliphatic carbocycles. The smallest absolute Gasteiger partial charge is 0.306 e. The van der Waals surface area contributed by atoms with Crippen LogP contribution in [0.5, 0.6) is 0 Å². The molecule has 0 aromatic carbocycles. The number of unbranched alkanes of at least 4 members (excludes halogenated alkanes) is 31. The highest BCUT2D eigenvalue weighted by Gasteiger charge is 2.22. The lowest BCUT2D eigenvalue weighted by Crippen LogP contribution is -2.37. The minimum absolute atomic E-state index is 0.0367. The quantitative estimate of drug-likeness (QED) is 0.0195.